The molecule has 7 heteroatoms. The number of thiazole rings is 1. The van der Waals surface area contributed by atoms with Crippen molar-refractivity contribution in [2.75, 3.05) is 19.7 Å². The van der Waals surface area contributed by atoms with Gasteiger partial charge in [0.15, 0.2) is 0 Å². The van der Waals surface area contributed by atoms with Crippen LogP contribution in [0.3, 0.4) is 0 Å². The van der Waals surface area contributed by atoms with Gasteiger partial charge in [-0.2, -0.15) is 0 Å². The summed E-state index contributed by atoms with van der Waals surface area (Å²) in [5.74, 6) is 0.760. The van der Waals surface area contributed by atoms with E-state index in [-0.39, 0.29) is 5.91 Å². The van der Waals surface area contributed by atoms with E-state index in [1.165, 1.54) is 16.9 Å². The van der Waals surface area contributed by atoms with Gasteiger partial charge in [-0.25, -0.2) is 15.0 Å². The van der Waals surface area contributed by atoms with Crippen LogP contribution in [0.5, 0.6) is 0 Å². The van der Waals surface area contributed by atoms with Crippen LogP contribution in [0.1, 0.15) is 40.4 Å². The molecule has 6 nitrogen and oxygen atoms in total. The number of nitrogens with zero attached hydrogens (tertiary/aromatic N) is 4. The van der Waals surface area contributed by atoms with E-state index < -0.39 is 5.60 Å². The molecule has 1 saturated heterocycles. The third-order valence-corrected chi connectivity index (χ3v) is 6.66. The first kappa shape index (κ1) is 18.4. The molecule has 2 aliphatic heterocycles. The predicted molar refractivity (Wildman–Crippen MR) is 111 cm³/mol. The summed E-state index contributed by atoms with van der Waals surface area (Å²) in [5.41, 5.74) is 3.36. The molecule has 0 N–H and O–H groups in total. The molecular formula is C22H22N4O2S. The molecule has 1 amide bonds. The van der Waals surface area contributed by atoms with E-state index in [4.69, 9.17) is 9.72 Å². The SMILES string of the molecule is Cc1ncc2c(n1)C1(CCN(C(=O)c3csc(-c4ccccc4)n3)CC1)OCC2. The monoisotopic (exact) mass is 406 g/mol. The molecule has 0 atom stereocenters. The second-order valence-electron chi connectivity index (χ2n) is 7.58. The second kappa shape index (κ2) is 7.31. The van der Waals surface area contributed by atoms with E-state index in [0.717, 1.165) is 41.4 Å². The third kappa shape index (κ3) is 3.34. The number of ether oxygens (including phenoxy) is 1. The zero-order chi connectivity index (χ0) is 19.8. The fourth-order valence-corrected chi connectivity index (χ4v) is 5.00. The lowest BCUT2D eigenvalue weighted by molar-refractivity contribution is -0.0969. The number of aryl methyl sites for hydroxylation is 1. The van der Waals surface area contributed by atoms with E-state index in [9.17, 15) is 4.79 Å². The molecule has 5 rings (SSSR count). The molecule has 29 heavy (non-hydrogen) atoms. The largest absolute Gasteiger partial charge is 0.368 e. The maximum Gasteiger partial charge on any atom is 0.273 e. The predicted octanol–water partition coefficient (Wildman–Crippen LogP) is 3.61. The fourth-order valence-electron chi connectivity index (χ4n) is 4.20. The standard InChI is InChI=1S/C22H22N4O2S/c1-15-23-13-17-7-12-28-22(19(17)24-15)8-10-26(11-9-22)21(27)18-14-29-20(25-18)16-5-3-2-4-6-16/h2-6,13-14H,7-12H2,1H3. The quantitative estimate of drug-likeness (QED) is 0.650. The Morgan fingerprint density at radius 2 is 1.97 bits per heavy atom. The summed E-state index contributed by atoms with van der Waals surface area (Å²) in [6.07, 6.45) is 4.27. The Labute approximate surface area is 173 Å². The first-order valence-corrected chi connectivity index (χ1v) is 10.8. The minimum absolute atomic E-state index is 0.00631. The van der Waals surface area contributed by atoms with Crippen LogP contribution in [0.25, 0.3) is 10.6 Å². The first-order valence-electron chi connectivity index (χ1n) is 9.92. The molecule has 4 heterocycles. The van der Waals surface area contributed by atoms with Crippen molar-refractivity contribution >= 4 is 17.2 Å². The van der Waals surface area contributed by atoms with Crippen molar-refractivity contribution in [1.29, 1.82) is 0 Å². The number of likely N-dealkylation sites (tertiary alicyclic amines) is 1. The molecule has 0 aliphatic carbocycles. The van der Waals surface area contributed by atoms with Crippen LogP contribution in [0.4, 0.5) is 0 Å². The summed E-state index contributed by atoms with van der Waals surface area (Å²) in [4.78, 5) is 28.5. The molecule has 1 aromatic carbocycles. The number of benzene rings is 1. The van der Waals surface area contributed by atoms with Gasteiger partial charge in [-0.05, 0) is 31.7 Å². The third-order valence-electron chi connectivity index (χ3n) is 5.77. The van der Waals surface area contributed by atoms with Crippen molar-refractivity contribution in [3.63, 3.8) is 0 Å². The van der Waals surface area contributed by atoms with Crippen molar-refractivity contribution in [3.05, 3.63) is 64.7 Å². The van der Waals surface area contributed by atoms with Crippen molar-refractivity contribution in [1.82, 2.24) is 19.9 Å². The Bertz CT molecular complexity index is 1040. The van der Waals surface area contributed by atoms with Gasteiger partial charge in [0.1, 0.15) is 22.1 Å². The Hall–Kier alpha value is -2.64. The lowest BCUT2D eigenvalue weighted by Crippen LogP contribution is -2.49. The zero-order valence-corrected chi connectivity index (χ0v) is 17.1. The van der Waals surface area contributed by atoms with E-state index in [1.54, 1.807) is 0 Å². The minimum Gasteiger partial charge on any atom is -0.368 e. The molecule has 148 valence electrons. The topological polar surface area (TPSA) is 68.2 Å². The van der Waals surface area contributed by atoms with Crippen molar-refractivity contribution in [2.24, 2.45) is 0 Å². The molecule has 0 unspecified atom stereocenters. The van der Waals surface area contributed by atoms with Crippen LogP contribution in [-0.4, -0.2) is 45.5 Å². The molecule has 0 bridgehead atoms. The second-order valence-corrected chi connectivity index (χ2v) is 8.44. The summed E-state index contributed by atoms with van der Waals surface area (Å²) in [6, 6.07) is 9.97. The lowest BCUT2D eigenvalue weighted by Gasteiger charge is -2.43. The van der Waals surface area contributed by atoms with E-state index >= 15 is 0 Å². The summed E-state index contributed by atoms with van der Waals surface area (Å²) < 4.78 is 6.24. The Balaban J connectivity index is 1.32. The Morgan fingerprint density at radius 3 is 2.76 bits per heavy atom. The summed E-state index contributed by atoms with van der Waals surface area (Å²) >= 11 is 1.51. The van der Waals surface area contributed by atoms with Gasteiger partial charge in [-0.3, -0.25) is 4.79 Å². The molecule has 2 aliphatic rings. The van der Waals surface area contributed by atoms with Crippen LogP contribution in [-0.2, 0) is 16.8 Å². The van der Waals surface area contributed by atoms with Crippen molar-refractivity contribution < 1.29 is 9.53 Å². The molecule has 1 spiro atoms. The number of piperidine rings is 1. The van der Waals surface area contributed by atoms with Crippen LogP contribution in [0.15, 0.2) is 41.9 Å². The molecule has 1 fully saturated rings. The minimum atomic E-state index is -0.394. The van der Waals surface area contributed by atoms with Gasteiger partial charge < -0.3 is 9.64 Å². The number of hydrogen-bond donors (Lipinski definition) is 0. The summed E-state index contributed by atoms with van der Waals surface area (Å²) in [5, 5.41) is 2.73. The lowest BCUT2D eigenvalue weighted by atomic mass is 9.83. The average molecular weight is 407 g/mol. The maximum atomic E-state index is 13.0. The zero-order valence-electron chi connectivity index (χ0n) is 16.3. The van der Waals surface area contributed by atoms with Gasteiger partial charge in [-0.15, -0.1) is 11.3 Å². The van der Waals surface area contributed by atoms with Gasteiger partial charge >= 0.3 is 0 Å². The van der Waals surface area contributed by atoms with Crippen molar-refractivity contribution in [3.8, 4) is 10.6 Å². The van der Waals surface area contributed by atoms with Crippen LogP contribution in [0.2, 0.25) is 0 Å². The van der Waals surface area contributed by atoms with Crippen LogP contribution >= 0.6 is 11.3 Å². The first-order chi connectivity index (χ1) is 14.1. The number of hydrogen-bond acceptors (Lipinski definition) is 6. The number of fused-ring (bicyclic) bond motifs is 2. The molecule has 0 radical (unpaired) electrons. The van der Waals surface area contributed by atoms with Gasteiger partial charge in [0.2, 0.25) is 0 Å². The Morgan fingerprint density at radius 1 is 1.17 bits per heavy atom. The highest BCUT2D eigenvalue weighted by molar-refractivity contribution is 7.13. The average Bonchev–Trinajstić information content (AvgIpc) is 3.26. The number of amides is 1. The van der Waals surface area contributed by atoms with E-state index in [1.807, 2.05) is 53.7 Å². The highest BCUT2D eigenvalue weighted by Gasteiger charge is 2.43. The maximum absolute atomic E-state index is 13.0. The highest BCUT2D eigenvalue weighted by atomic mass is 32.1. The van der Waals surface area contributed by atoms with E-state index in [0.29, 0.717) is 25.4 Å². The summed E-state index contributed by atoms with van der Waals surface area (Å²) in [6.45, 7) is 3.87. The smallest absolute Gasteiger partial charge is 0.273 e. The van der Waals surface area contributed by atoms with Crippen molar-refractivity contribution in [2.45, 2.75) is 31.8 Å². The van der Waals surface area contributed by atoms with Gasteiger partial charge in [0.05, 0.1) is 12.3 Å². The van der Waals surface area contributed by atoms with E-state index in [2.05, 4.69) is 9.97 Å². The number of carbonyl (C=O) groups is 1. The molecule has 0 saturated carbocycles. The highest BCUT2D eigenvalue weighted by Crippen LogP contribution is 2.40. The summed E-state index contributed by atoms with van der Waals surface area (Å²) in [7, 11) is 0. The van der Waals surface area contributed by atoms with Gasteiger partial charge in [-0.1, -0.05) is 30.3 Å². The van der Waals surface area contributed by atoms with Gasteiger partial charge in [0, 0.05) is 30.2 Å². The number of rotatable bonds is 2. The normalized spacial score (nSPS) is 17.9. The number of aromatic nitrogens is 3. The molecular weight excluding hydrogens is 384 g/mol. The fraction of sp³-hybridized carbons (Fsp3) is 0.364. The van der Waals surface area contributed by atoms with Crippen LogP contribution in [0, 0.1) is 6.92 Å². The molecule has 3 aromatic rings. The molecule has 2 aromatic heterocycles. The Kier molecular flexibility index (Phi) is 4.64. The number of carbonyl (C=O) groups excluding carboxylic acids is 1. The van der Waals surface area contributed by atoms with Gasteiger partial charge in [0.25, 0.3) is 5.91 Å². The van der Waals surface area contributed by atoms with Crippen LogP contribution < -0.4 is 0 Å².